The minimum Gasteiger partial charge on any atom is -0.465 e. The maximum Gasteiger partial charge on any atom is 0.258 e. The van der Waals surface area contributed by atoms with Crippen molar-refractivity contribution in [2.75, 3.05) is 0 Å². The first-order chi connectivity index (χ1) is 10.8. The molecule has 3 aromatic heterocycles. The number of sulfonamides is 1. The molecule has 0 unspecified atom stereocenters. The Morgan fingerprint density at radius 1 is 1.35 bits per heavy atom. The second-order valence-corrected chi connectivity index (χ2v) is 8.68. The van der Waals surface area contributed by atoms with E-state index in [2.05, 4.69) is 9.71 Å². The Kier molecular flexibility index (Phi) is 4.07. The van der Waals surface area contributed by atoms with Crippen molar-refractivity contribution in [1.82, 2.24) is 14.1 Å². The lowest BCUT2D eigenvalue weighted by atomic mass is 10.2. The zero-order chi connectivity index (χ0) is 16.8. The van der Waals surface area contributed by atoms with E-state index in [1.54, 1.807) is 10.5 Å². The highest BCUT2D eigenvalue weighted by molar-refractivity contribution is 7.89. The van der Waals surface area contributed by atoms with E-state index < -0.39 is 10.0 Å². The van der Waals surface area contributed by atoms with E-state index in [-0.39, 0.29) is 17.5 Å². The Morgan fingerprint density at radius 2 is 2.09 bits per heavy atom. The van der Waals surface area contributed by atoms with E-state index >= 15 is 0 Å². The summed E-state index contributed by atoms with van der Waals surface area (Å²) in [6.07, 6.45) is 1.81. The Hall–Kier alpha value is -1.64. The van der Waals surface area contributed by atoms with Gasteiger partial charge in [-0.1, -0.05) is 13.8 Å². The topological polar surface area (TPSA) is 76.6 Å². The van der Waals surface area contributed by atoms with Crippen LogP contribution < -0.4 is 4.72 Å². The maximum atomic E-state index is 12.8. The number of furan rings is 1. The standard InChI is InChI=1S/C15H19N3O3S2/c1-9(2)13-14(18-8-11(4)22-15(18)17-13)23(19,20)16-7-12-6-5-10(3)21-12/h5-6,8-9,16H,7H2,1-4H3. The number of aromatic nitrogens is 2. The number of rotatable bonds is 5. The fourth-order valence-corrected chi connectivity index (χ4v) is 4.72. The predicted molar refractivity (Wildman–Crippen MR) is 89.4 cm³/mol. The zero-order valence-electron chi connectivity index (χ0n) is 13.5. The number of nitrogens with zero attached hydrogens (tertiary/aromatic N) is 2. The predicted octanol–water partition coefficient (Wildman–Crippen LogP) is 3.21. The average Bonchev–Trinajstić information content (AvgIpc) is 3.09. The first-order valence-electron chi connectivity index (χ1n) is 7.31. The first-order valence-corrected chi connectivity index (χ1v) is 9.61. The summed E-state index contributed by atoms with van der Waals surface area (Å²) >= 11 is 1.48. The summed E-state index contributed by atoms with van der Waals surface area (Å²) < 4.78 is 35.3. The van der Waals surface area contributed by atoms with Crippen molar-refractivity contribution in [3.05, 3.63) is 40.4 Å². The Morgan fingerprint density at radius 3 is 2.70 bits per heavy atom. The summed E-state index contributed by atoms with van der Waals surface area (Å²) in [6.45, 7) is 7.75. The summed E-state index contributed by atoms with van der Waals surface area (Å²) in [5.41, 5.74) is 0.583. The van der Waals surface area contributed by atoms with Crippen LogP contribution in [0.3, 0.4) is 0 Å². The van der Waals surface area contributed by atoms with Crippen LogP contribution in [-0.2, 0) is 16.6 Å². The molecule has 0 aliphatic heterocycles. The Balaban J connectivity index is 2.00. The highest BCUT2D eigenvalue weighted by atomic mass is 32.2. The van der Waals surface area contributed by atoms with Gasteiger partial charge in [0.25, 0.3) is 10.0 Å². The van der Waals surface area contributed by atoms with E-state index in [1.807, 2.05) is 40.0 Å². The van der Waals surface area contributed by atoms with Gasteiger partial charge in [0.1, 0.15) is 11.5 Å². The molecule has 0 aliphatic carbocycles. The van der Waals surface area contributed by atoms with Crippen molar-refractivity contribution < 1.29 is 12.8 Å². The molecule has 0 amide bonds. The van der Waals surface area contributed by atoms with Gasteiger partial charge in [0, 0.05) is 11.1 Å². The fraction of sp³-hybridized carbons (Fsp3) is 0.400. The molecule has 0 spiro atoms. The molecule has 6 nitrogen and oxygen atoms in total. The van der Waals surface area contributed by atoms with Gasteiger partial charge in [-0.2, -0.15) is 0 Å². The van der Waals surface area contributed by atoms with Crippen LogP contribution in [0.5, 0.6) is 0 Å². The monoisotopic (exact) mass is 353 g/mol. The molecule has 3 rings (SSSR count). The molecule has 1 N–H and O–H groups in total. The molecule has 8 heteroatoms. The van der Waals surface area contributed by atoms with Gasteiger partial charge in [-0.25, -0.2) is 18.1 Å². The molecule has 0 radical (unpaired) electrons. The molecule has 0 bridgehead atoms. The molecule has 3 heterocycles. The third kappa shape index (κ3) is 3.06. The van der Waals surface area contributed by atoms with Crippen molar-refractivity contribution in [3.63, 3.8) is 0 Å². The normalized spacial score (nSPS) is 12.6. The molecule has 0 fully saturated rings. The summed E-state index contributed by atoms with van der Waals surface area (Å²) in [5.74, 6) is 1.35. The summed E-state index contributed by atoms with van der Waals surface area (Å²) in [6, 6.07) is 3.57. The smallest absolute Gasteiger partial charge is 0.258 e. The van der Waals surface area contributed by atoms with Crippen LogP contribution >= 0.6 is 11.3 Å². The lowest BCUT2D eigenvalue weighted by Gasteiger charge is -2.09. The second kappa shape index (κ2) is 5.77. The van der Waals surface area contributed by atoms with Gasteiger partial charge in [0.2, 0.25) is 0 Å². The number of hydrogen-bond donors (Lipinski definition) is 1. The van der Waals surface area contributed by atoms with Crippen molar-refractivity contribution in [3.8, 4) is 0 Å². The van der Waals surface area contributed by atoms with E-state index in [9.17, 15) is 8.42 Å². The Labute approximate surface area is 139 Å². The number of fused-ring (bicyclic) bond motifs is 1. The summed E-state index contributed by atoms with van der Waals surface area (Å²) in [4.78, 5) is 6.21. The number of aryl methyl sites for hydroxylation is 2. The minimum absolute atomic E-state index is 0.0137. The quantitative estimate of drug-likeness (QED) is 0.764. The van der Waals surface area contributed by atoms with Gasteiger partial charge in [0.15, 0.2) is 9.99 Å². The summed E-state index contributed by atoms with van der Waals surface area (Å²) in [7, 11) is -3.70. The van der Waals surface area contributed by atoms with Crippen molar-refractivity contribution in [2.45, 2.75) is 45.2 Å². The SMILES string of the molecule is Cc1ccc(CNS(=O)(=O)c2c(C(C)C)nc3sc(C)cn23)o1. The number of hydrogen-bond acceptors (Lipinski definition) is 5. The van der Waals surface area contributed by atoms with Gasteiger partial charge in [-0.15, -0.1) is 11.3 Å². The van der Waals surface area contributed by atoms with Crippen molar-refractivity contribution in [1.29, 1.82) is 0 Å². The van der Waals surface area contributed by atoms with Gasteiger partial charge in [0.05, 0.1) is 12.2 Å². The maximum absolute atomic E-state index is 12.8. The average molecular weight is 353 g/mol. The lowest BCUT2D eigenvalue weighted by molar-refractivity contribution is 0.475. The van der Waals surface area contributed by atoms with Crippen LogP contribution in [-0.4, -0.2) is 17.8 Å². The number of imidazole rings is 1. The van der Waals surface area contributed by atoms with E-state index in [0.29, 0.717) is 16.4 Å². The molecule has 0 aromatic carbocycles. The number of nitrogens with one attached hydrogen (secondary N) is 1. The van der Waals surface area contributed by atoms with Gasteiger partial charge in [-0.3, -0.25) is 4.40 Å². The third-order valence-electron chi connectivity index (χ3n) is 3.46. The van der Waals surface area contributed by atoms with Crippen LogP contribution in [0.15, 0.2) is 27.8 Å². The molecule has 0 aliphatic rings. The third-order valence-corrected chi connectivity index (χ3v) is 5.79. The van der Waals surface area contributed by atoms with Crippen LogP contribution in [0, 0.1) is 13.8 Å². The lowest BCUT2D eigenvalue weighted by Crippen LogP contribution is -2.25. The first kappa shape index (κ1) is 16.2. The van der Waals surface area contributed by atoms with Gasteiger partial charge < -0.3 is 4.42 Å². The van der Waals surface area contributed by atoms with Crippen LogP contribution in [0.4, 0.5) is 0 Å². The van der Waals surface area contributed by atoms with Crippen molar-refractivity contribution >= 4 is 26.3 Å². The van der Waals surface area contributed by atoms with E-state index in [4.69, 9.17) is 4.42 Å². The fourth-order valence-electron chi connectivity index (χ4n) is 2.41. The molecule has 124 valence electrons. The molecule has 0 saturated carbocycles. The van der Waals surface area contributed by atoms with Crippen molar-refractivity contribution in [2.24, 2.45) is 0 Å². The molecule has 23 heavy (non-hydrogen) atoms. The van der Waals surface area contributed by atoms with E-state index in [1.165, 1.54) is 11.3 Å². The minimum atomic E-state index is -3.70. The zero-order valence-corrected chi connectivity index (χ0v) is 15.1. The van der Waals surface area contributed by atoms with Crippen LogP contribution in [0.25, 0.3) is 4.96 Å². The molecular formula is C15H19N3O3S2. The molecule has 0 atom stereocenters. The molecule has 0 saturated heterocycles. The molecular weight excluding hydrogens is 334 g/mol. The number of thiazole rings is 1. The summed E-state index contributed by atoms with van der Waals surface area (Å²) in [5, 5.41) is 0.218. The Bertz CT molecular complexity index is 948. The van der Waals surface area contributed by atoms with E-state index in [0.717, 1.165) is 10.6 Å². The van der Waals surface area contributed by atoms with Gasteiger partial charge in [-0.05, 0) is 31.9 Å². The largest absolute Gasteiger partial charge is 0.465 e. The molecule has 3 aromatic rings. The van der Waals surface area contributed by atoms with Gasteiger partial charge >= 0.3 is 0 Å². The van der Waals surface area contributed by atoms with Crippen LogP contribution in [0.1, 0.15) is 41.9 Å². The highest BCUT2D eigenvalue weighted by Gasteiger charge is 2.27. The highest BCUT2D eigenvalue weighted by Crippen LogP contribution is 2.28. The van der Waals surface area contributed by atoms with Crippen LogP contribution in [0.2, 0.25) is 0 Å². The second-order valence-electron chi connectivity index (χ2n) is 5.79.